The molecule has 1 atom stereocenters. The molecular formula is C21H17BrO5. The van der Waals surface area contributed by atoms with Gasteiger partial charge in [-0.1, -0.05) is 28.1 Å². The highest BCUT2D eigenvalue weighted by Crippen LogP contribution is 2.37. The predicted octanol–water partition coefficient (Wildman–Crippen LogP) is 4.46. The molecule has 0 aliphatic carbocycles. The third-order valence-electron chi connectivity index (χ3n) is 4.52. The Morgan fingerprint density at radius 1 is 1.26 bits per heavy atom. The zero-order chi connectivity index (χ0) is 19.0. The molecule has 2 heterocycles. The molecule has 2 aliphatic heterocycles. The number of fused-ring (bicyclic) bond motifs is 1. The molecule has 138 valence electrons. The van der Waals surface area contributed by atoms with E-state index >= 15 is 0 Å². The van der Waals surface area contributed by atoms with Crippen LogP contribution in [0.4, 0.5) is 0 Å². The summed E-state index contributed by atoms with van der Waals surface area (Å²) < 4.78 is 17.5. The van der Waals surface area contributed by atoms with Crippen molar-refractivity contribution in [3.05, 3.63) is 63.3 Å². The third-order valence-corrected chi connectivity index (χ3v) is 5.05. The number of ketones is 1. The van der Waals surface area contributed by atoms with E-state index in [9.17, 15) is 9.59 Å². The number of allylic oxidation sites excluding steroid dienone is 1. The maximum absolute atomic E-state index is 12.7. The van der Waals surface area contributed by atoms with Crippen molar-refractivity contribution in [2.24, 2.45) is 0 Å². The first-order valence-corrected chi connectivity index (χ1v) is 9.48. The number of aryl methyl sites for hydroxylation is 1. The monoisotopic (exact) mass is 428 g/mol. The van der Waals surface area contributed by atoms with E-state index in [2.05, 4.69) is 15.9 Å². The number of Topliss-reactive ketones (excluding diaryl/α,β-unsaturated/α-hetero) is 1. The molecule has 0 amide bonds. The summed E-state index contributed by atoms with van der Waals surface area (Å²) in [6, 6.07) is 10.8. The average Bonchev–Trinajstić information content (AvgIpc) is 3.26. The summed E-state index contributed by atoms with van der Waals surface area (Å²) in [6.07, 6.45) is 2.70. The van der Waals surface area contributed by atoms with Gasteiger partial charge in [-0.15, -0.1) is 0 Å². The van der Waals surface area contributed by atoms with Gasteiger partial charge in [-0.25, -0.2) is 4.79 Å². The molecule has 0 saturated carbocycles. The van der Waals surface area contributed by atoms with E-state index < -0.39 is 12.1 Å². The maximum atomic E-state index is 12.7. The number of ether oxygens (including phenoxy) is 3. The standard InChI is InChI=1S/C21H17BrO5/c1-12-9-15(26-21(24)16-3-2-8-25-16)11-17-19(12)20(23)18(27-17)10-13-4-6-14(22)7-5-13/h4-7,9-11,16H,2-3,8H2,1H3/b18-10-. The number of hydrogen-bond acceptors (Lipinski definition) is 5. The second-order valence-corrected chi connectivity index (χ2v) is 7.44. The average molecular weight is 429 g/mol. The lowest BCUT2D eigenvalue weighted by Gasteiger charge is -2.11. The van der Waals surface area contributed by atoms with E-state index in [-0.39, 0.29) is 11.5 Å². The summed E-state index contributed by atoms with van der Waals surface area (Å²) >= 11 is 3.39. The first kappa shape index (κ1) is 17.9. The van der Waals surface area contributed by atoms with Gasteiger partial charge in [0.25, 0.3) is 0 Å². The second kappa shape index (κ2) is 7.29. The van der Waals surface area contributed by atoms with Crippen molar-refractivity contribution in [2.45, 2.75) is 25.9 Å². The predicted molar refractivity (Wildman–Crippen MR) is 103 cm³/mol. The Hall–Kier alpha value is -2.44. The normalized spacial score (nSPS) is 19.9. The first-order chi connectivity index (χ1) is 13.0. The molecule has 0 spiro atoms. The van der Waals surface area contributed by atoms with Crippen molar-refractivity contribution in [2.75, 3.05) is 6.61 Å². The minimum absolute atomic E-state index is 0.178. The lowest BCUT2D eigenvalue weighted by atomic mass is 10.0. The third kappa shape index (κ3) is 3.68. The number of benzene rings is 2. The Bertz CT molecular complexity index is 940. The fourth-order valence-corrected chi connectivity index (χ4v) is 3.46. The Morgan fingerprint density at radius 3 is 2.74 bits per heavy atom. The number of rotatable bonds is 3. The molecule has 0 bridgehead atoms. The quantitative estimate of drug-likeness (QED) is 0.410. The number of carbonyl (C=O) groups excluding carboxylic acids is 2. The van der Waals surface area contributed by atoms with Crippen LogP contribution in [0.1, 0.15) is 34.3 Å². The van der Waals surface area contributed by atoms with Crippen LogP contribution in [0, 0.1) is 6.92 Å². The van der Waals surface area contributed by atoms with Crippen LogP contribution < -0.4 is 9.47 Å². The molecular weight excluding hydrogens is 412 g/mol. The summed E-state index contributed by atoms with van der Waals surface area (Å²) in [5.74, 6) is 0.408. The summed E-state index contributed by atoms with van der Waals surface area (Å²) in [5.41, 5.74) is 2.05. The number of hydrogen-bond donors (Lipinski definition) is 0. The first-order valence-electron chi connectivity index (χ1n) is 8.69. The fraction of sp³-hybridized carbons (Fsp3) is 0.238. The lowest BCUT2D eigenvalue weighted by Crippen LogP contribution is -2.24. The molecule has 2 aromatic carbocycles. The van der Waals surface area contributed by atoms with Crippen molar-refractivity contribution >= 4 is 33.8 Å². The van der Waals surface area contributed by atoms with E-state index in [0.717, 1.165) is 16.5 Å². The van der Waals surface area contributed by atoms with Crippen LogP contribution >= 0.6 is 15.9 Å². The highest BCUT2D eigenvalue weighted by atomic mass is 79.9. The molecule has 0 aromatic heterocycles. The second-order valence-electron chi connectivity index (χ2n) is 6.53. The number of carbonyl (C=O) groups is 2. The maximum Gasteiger partial charge on any atom is 0.340 e. The smallest absolute Gasteiger partial charge is 0.340 e. The van der Waals surface area contributed by atoms with Crippen molar-refractivity contribution in [1.82, 2.24) is 0 Å². The van der Waals surface area contributed by atoms with E-state index in [0.29, 0.717) is 35.7 Å². The van der Waals surface area contributed by atoms with Gasteiger partial charge in [-0.2, -0.15) is 0 Å². The van der Waals surface area contributed by atoms with Crippen molar-refractivity contribution in [3.63, 3.8) is 0 Å². The van der Waals surface area contributed by atoms with Gasteiger partial charge in [0.05, 0.1) is 5.56 Å². The molecule has 6 heteroatoms. The SMILES string of the molecule is Cc1cc(OC(=O)C2CCCO2)cc2c1C(=O)/C(=C/c1ccc(Br)cc1)O2. The van der Waals surface area contributed by atoms with Gasteiger partial charge in [0.2, 0.25) is 5.78 Å². The molecule has 0 radical (unpaired) electrons. The van der Waals surface area contributed by atoms with Gasteiger partial charge < -0.3 is 14.2 Å². The van der Waals surface area contributed by atoms with Crippen LogP contribution in [-0.4, -0.2) is 24.5 Å². The van der Waals surface area contributed by atoms with Gasteiger partial charge in [0.15, 0.2) is 11.9 Å². The largest absolute Gasteiger partial charge is 0.452 e. The van der Waals surface area contributed by atoms with Gasteiger partial charge in [-0.3, -0.25) is 4.79 Å². The summed E-state index contributed by atoms with van der Waals surface area (Å²) in [6.45, 7) is 2.37. The van der Waals surface area contributed by atoms with Crippen molar-refractivity contribution in [3.8, 4) is 11.5 Å². The highest BCUT2D eigenvalue weighted by Gasteiger charge is 2.31. The van der Waals surface area contributed by atoms with E-state index in [1.165, 1.54) is 0 Å². The van der Waals surface area contributed by atoms with Gasteiger partial charge >= 0.3 is 5.97 Å². The van der Waals surface area contributed by atoms with Gasteiger partial charge in [0, 0.05) is 17.1 Å². The van der Waals surface area contributed by atoms with Crippen molar-refractivity contribution < 1.29 is 23.8 Å². The Balaban J connectivity index is 1.58. The molecule has 1 unspecified atom stereocenters. The summed E-state index contributed by atoms with van der Waals surface area (Å²) in [7, 11) is 0. The zero-order valence-corrected chi connectivity index (χ0v) is 16.2. The topological polar surface area (TPSA) is 61.8 Å². The minimum Gasteiger partial charge on any atom is -0.452 e. The molecule has 2 aliphatic rings. The van der Waals surface area contributed by atoms with E-state index in [1.54, 1.807) is 25.1 Å². The molecule has 1 saturated heterocycles. The summed E-state index contributed by atoms with van der Waals surface area (Å²) in [5, 5.41) is 0. The van der Waals surface area contributed by atoms with Gasteiger partial charge in [-0.05, 0) is 55.2 Å². The molecule has 5 nitrogen and oxygen atoms in total. The zero-order valence-electron chi connectivity index (χ0n) is 14.7. The highest BCUT2D eigenvalue weighted by molar-refractivity contribution is 9.10. The van der Waals surface area contributed by atoms with Crippen LogP contribution in [-0.2, 0) is 9.53 Å². The fourth-order valence-electron chi connectivity index (χ4n) is 3.19. The lowest BCUT2D eigenvalue weighted by molar-refractivity contribution is -0.144. The molecule has 0 N–H and O–H groups in total. The van der Waals surface area contributed by atoms with Crippen LogP contribution in [0.15, 0.2) is 46.6 Å². The minimum atomic E-state index is -0.519. The van der Waals surface area contributed by atoms with Crippen molar-refractivity contribution in [1.29, 1.82) is 0 Å². The van der Waals surface area contributed by atoms with Crippen LogP contribution in [0.5, 0.6) is 11.5 Å². The Kier molecular flexibility index (Phi) is 4.85. The Labute approximate surface area is 165 Å². The van der Waals surface area contributed by atoms with Crippen LogP contribution in [0.3, 0.4) is 0 Å². The molecule has 4 rings (SSSR count). The summed E-state index contributed by atoms with van der Waals surface area (Å²) in [4.78, 5) is 24.9. The number of halogens is 1. The molecule has 2 aromatic rings. The van der Waals surface area contributed by atoms with Crippen LogP contribution in [0.2, 0.25) is 0 Å². The van der Waals surface area contributed by atoms with Gasteiger partial charge in [0.1, 0.15) is 11.5 Å². The van der Waals surface area contributed by atoms with Crippen LogP contribution in [0.25, 0.3) is 6.08 Å². The van der Waals surface area contributed by atoms with E-state index in [4.69, 9.17) is 14.2 Å². The van der Waals surface area contributed by atoms with E-state index in [1.807, 2.05) is 24.3 Å². The molecule has 1 fully saturated rings. The molecule has 27 heavy (non-hydrogen) atoms. The number of esters is 1. The Morgan fingerprint density at radius 2 is 2.04 bits per heavy atom.